The highest BCUT2D eigenvalue weighted by Gasteiger charge is 2.47. The van der Waals surface area contributed by atoms with Gasteiger partial charge in [-0.3, -0.25) is 0 Å². The number of para-hydroxylation sites is 1. The van der Waals surface area contributed by atoms with E-state index in [0.717, 1.165) is 17.7 Å². The fourth-order valence-corrected chi connectivity index (χ4v) is 2.93. The van der Waals surface area contributed by atoms with Gasteiger partial charge in [0.15, 0.2) is 0 Å². The van der Waals surface area contributed by atoms with Crippen LogP contribution in [-0.2, 0) is 4.74 Å². The Balaban J connectivity index is 2.23. The minimum atomic E-state index is -0.482. The first-order chi connectivity index (χ1) is 9.25. The zero-order valence-corrected chi connectivity index (χ0v) is 13.1. The summed E-state index contributed by atoms with van der Waals surface area (Å²) in [6.07, 6.45) is 1.03. The molecule has 1 aliphatic rings. The molecule has 0 radical (unpaired) electrons. The normalized spacial score (nSPS) is 25.4. The van der Waals surface area contributed by atoms with E-state index < -0.39 is 6.10 Å². The maximum atomic E-state index is 10.1. The molecule has 1 fully saturated rings. The van der Waals surface area contributed by atoms with Crippen molar-refractivity contribution in [1.82, 2.24) is 0 Å². The topological polar surface area (TPSA) is 38.7 Å². The molecule has 1 N–H and O–H groups in total. The van der Waals surface area contributed by atoms with Crippen molar-refractivity contribution in [3.8, 4) is 5.75 Å². The summed E-state index contributed by atoms with van der Waals surface area (Å²) in [5.74, 6) is 0.765. The predicted octanol–water partition coefficient (Wildman–Crippen LogP) is 3.85. The third-order valence-corrected chi connectivity index (χ3v) is 3.93. The molecule has 1 saturated heterocycles. The average molecular weight is 278 g/mol. The maximum absolute atomic E-state index is 10.1. The van der Waals surface area contributed by atoms with Gasteiger partial charge >= 0.3 is 0 Å². The molecule has 1 unspecified atom stereocenters. The zero-order chi connectivity index (χ0) is 15.0. The second kappa shape index (κ2) is 5.38. The van der Waals surface area contributed by atoms with Gasteiger partial charge in [-0.1, -0.05) is 25.1 Å². The summed E-state index contributed by atoms with van der Waals surface area (Å²) in [5, 5.41) is 10.1. The highest BCUT2D eigenvalue weighted by atomic mass is 16.6. The van der Waals surface area contributed by atoms with E-state index in [1.165, 1.54) is 0 Å². The van der Waals surface area contributed by atoms with Gasteiger partial charge in [0, 0.05) is 12.0 Å². The second-order valence-corrected chi connectivity index (χ2v) is 6.74. The van der Waals surface area contributed by atoms with Crippen molar-refractivity contribution in [1.29, 1.82) is 0 Å². The second-order valence-electron chi connectivity index (χ2n) is 6.74. The minimum absolute atomic E-state index is 0.0114. The molecule has 1 heterocycles. The summed E-state index contributed by atoms with van der Waals surface area (Å²) >= 11 is 0. The average Bonchev–Trinajstić information content (AvgIpc) is 2.57. The summed E-state index contributed by atoms with van der Waals surface area (Å²) in [4.78, 5) is 0. The number of benzene rings is 1. The highest BCUT2D eigenvalue weighted by Crippen LogP contribution is 2.40. The van der Waals surface area contributed by atoms with Gasteiger partial charge in [0.1, 0.15) is 17.5 Å². The van der Waals surface area contributed by atoms with Gasteiger partial charge in [-0.2, -0.15) is 0 Å². The molecule has 0 spiro atoms. The van der Waals surface area contributed by atoms with Crippen molar-refractivity contribution in [2.45, 2.75) is 70.9 Å². The molecule has 0 aliphatic carbocycles. The largest absolute Gasteiger partial charge is 0.487 e. The fourth-order valence-electron chi connectivity index (χ4n) is 2.93. The van der Waals surface area contributed by atoms with Crippen molar-refractivity contribution >= 4 is 0 Å². The van der Waals surface area contributed by atoms with E-state index in [-0.39, 0.29) is 17.3 Å². The van der Waals surface area contributed by atoms with E-state index in [9.17, 15) is 5.11 Å². The third kappa shape index (κ3) is 3.15. The van der Waals surface area contributed by atoms with E-state index in [0.29, 0.717) is 6.42 Å². The molecular formula is C17H26O3. The first-order valence-electron chi connectivity index (χ1n) is 7.39. The summed E-state index contributed by atoms with van der Waals surface area (Å²) in [6.45, 7) is 10.3. The number of hydrogen-bond acceptors (Lipinski definition) is 3. The Morgan fingerprint density at radius 1 is 1.30 bits per heavy atom. The molecule has 0 bridgehead atoms. The van der Waals surface area contributed by atoms with Crippen molar-refractivity contribution in [3.63, 3.8) is 0 Å². The van der Waals surface area contributed by atoms with Gasteiger partial charge in [0.25, 0.3) is 0 Å². The number of ether oxygens (including phenoxy) is 2. The lowest BCUT2D eigenvalue weighted by molar-refractivity contribution is -0.0848. The fraction of sp³-hybridized carbons (Fsp3) is 0.647. The van der Waals surface area contributed by atoms with Crippen LogP contribution in [0.2, 0.25) is 0 Å². The Bertz CT molecular complexity index is 465. The molecule has 3 heteroatoms. The van der Waals surface area contributed by atoms with Gasteiger partial charge < -0.3 is 14.6 Å². The molecule has 112 valence electrons. The van der Waals surface area contributed by atoms with Crippen LogP contribution in [0.15, 0.2) is 24.3 Å². The van der Waals surface area contributed by atoms with Crippen LogP contribution in [0.5, 0.6) is 5.75 Å². The van der Waals surface area contributed by atoms with Gasteiger partial charge in [0.05, 0.1) is 11.7 Å². The van der Waals surface area contributed by atoms with E-state index in [1.54, 1.807) is 0 Å². The number of aliphatic hydroxyl groups excluding tert-OH is 1. The molecular weight excluding hydrogens is 252 g/mol. The van der Waals surface area contributed by atoms with Crippen molar-refractivity contribution in [2.24, 2.45) is 0 Å². The van der Waals surface area contributed by atoms with Crippen LogP contribution in [0.3, 0.4) is 0 Å². The van der Waals surface area contributed by atoms with E-state index in [4.69, 9.17) is 9.47 Å². The molecule has 2 rings (SSSR count). The number of rotatable bonds is 4. The Kier molecular flexibility index (Phi) is 4.12. The Labute approximate surface area is 121 Å². The standard InChI is InChI=1S/C17H26O3/c1-6-13(18)12-9-7-8-10-14(12)19-15-11-16(2,3)20-17(15,4)5/h7-10,13,15,18H,6,11H2,1-5H3/t13-,15?/m1/s1. The minimum Gasteiger partial charge on any atom is -0.487 e. The lowest BCUT2D eigenvalue weighted by Crippen LogP contribution is -2.37. The smallest absolute Gasteiger partial charge is 0.130 e. The van der Waals surface area contributed by atoms with E-state index >= 15 is 0 Å². The van der Waals surface area contributed by atoms with Crippen molar-refractivity contribution in [3.05, 3.63) is 29.8 Å². The maximum Gasteiger partial charge on any atom is 0.130 e. The summed E-state index contributed by atoms with van der Waals surface area (Å²) in [6, 6.07) is 7.73. The molecule has 2 atom stereocenters. The highest BCUT2D eigenvalue weighted by molar-refractivity contribution is 5.35. The molecule has 3 nitrogen and oxygen atoms in total. The van der Waals surface area contributed by atoms with Crippen LogP contribution >= 0.6 is 0 Å². The molecule has 1 aromatic carbocycles. The first kappa shape index (κ1) is 15.3. The molecule has 1 aliphatic heterocycles. The first-order valence-corrected chi connectivity index (χ1v) is 7.39. The summed E-state index contributed by atoms with van der Waals surface area (Å²) < 4.78 is 12.3. The van der Waals surface area contributed by atoms with Crippen LogP contribution in [0.1, 0.15) is 59.1 Å². The summed E-state index contributed by atoms with van der Waals surface area (Å²) in [7, 11) is 0. The van der Waals surface area contributed by atoms with Crippen LogP contribution in [-0.4, -0.2) is 22.4 Å². The molecule has 1 aromatic rings. The lowest BCUT2D eigenvalue weighted by Gasteiger charge is -2.28. The molecule has 0 saturated carbocycles. The quantitative estimate of drug-likeness (QED) is 0.909. The van der Waals surface area contributed by atoms with Crippen LogP contribution in [0.25, 0.3) is 0 Å². The number of hydrogen-bond donors (Lipinski definition) is 1. The van der Waals surface area contributed by atoms with E-state index in [1.807, 2.05) is 31.2 Å². The lowest BCUT2D eigenvalue weighted by atomic mass is 9.96. The summed E-state index contributed by atoms with van der Waals surface area (Å²) in [5.41, 5.74) is 0.357. The monoisotopic (exact) mass is 278 g/mol. The van der Waals surface area contributed by atoms with Crippen LogP contribution in [0.4, 0.5) is 0 Å². The Hall–Kier alpha value is -1.06. The van der Waals surface area contributed by atoms with Crippen LogP contribution < -0.4 is 4.74 Å². The molecule has 0 amide bonds. The van der Waals surface area contributed by atoms with Crippen molar-refractivity contribution in [2.75, 3.05) is 0 Å². The van der Waals surface area contributed by atoms with Gasteiger partial charge in [-0.05, 0) is 40.2 Å². The van der Waals surface area contributed by atoms with Crippen LogP contribution in [0, 0.1) is 0 Å². The van der Waals surface area contributed by atoms with E-state index in [2.05, 4.69) is 27.7 Å². The molecule has 20 heavy (non-hydrogen) atoms. The Morgan fingerprint density at radius 2 is 1.95 bits per heavy atom. The third-order valence-electron chi connectivity index (χ3n) is 3.93. The Morgan fingerprint density at radius 3 is 2.50 bits per heavy atom. The van der Waals surface area contributed by atoms with Gasteiger partial charge in [-0.15, -0.1) is 0 Å². The predicted molar refractivity (Wildman–Crippen MR) is 80.0 cm³/mol. The zero-order valence-electron chi connectivity index (χ0n) is 13.1. The van der Waals surface area contributed by atoms with Crippen molar-refractivity contribution < 1.29 is 14.6 Å². The van der Waals surface area contributed by atoms with Gasteiger partial charge in [0.2, 0.25) is 0 Å². The molecule has 0 aromatic heterocycles. The van der Waals surface area contributed by atoms with Gasteiger partial charge in [-0.25, -0.2) is 0 Å². The number of aliphatic hydroxyl groups is 1. The SMILES string of the molecule is CC[C@@H](O)c1ccccc1OC1CC(C)(C)OC1(C)C.